The van der Waals surface area contributed by atoms with Crippen LogP contribution in [0.3, 0.4) is 0 Å². The highest BCUT2D eigenvalue weighted by molar-refractivity contribution is 7.17. The van der Waals surface area contributed by atoms with E-state index in [0.717, 1.165) is 15.8 Å². The number of thiophene rings is 1. The summed E-state index contributed by atoms with van der Waals surface area (Å²) in [5, 5.41) is 5.99. The fourth-order valence-electron chi connectivity index (χ4n) is 2.65. The SMILES string of the molecule is CN1C(=O)[C@H](CC(=O)NCc2ccc3sccc3c2)N(C)C1=O. The van der Waals surface area contributed by atoms with Gasteiger partial charge in [0.1, 0.15) is 6.04 Å². The second-order valence-electron chi connectivity index (χ2n) is 5.58. The maximum Gasteiger partial charge on any atom is 0.326 e. The lowest BCUT2D eigenvalue weighted by atomic mass is 10.1. The van der Waals surface area contributed by atoms with E-state index in [4.69, 9.17) is 0 Å². The van der Waals surface area contributed by atoms with Crippen molar-refractivity contribution in [1.82, 2.24) is 15.1 Å². The normalized spacial score (nSPS) is 18.1. The largest absolute Gasteiger partial charge is 0.352 e. The zero-order valence-corrected chi connectivity index (χ0v) is 13.7. The Morgan fingerprint density at radius 3 is 2.74 bits per heavy atom. The van der Waals surface area contributed by atoms with Gasteiger partial charge in [-0.3, -0.25) is 14.5 Å². The van der Waals surface area contributed by atoms with Gasteiger partial charge in [0.25, 0.3) is 5.91 Å². The Bertz CT molecular complexity index is 786. The van der Waals surface area contributed by atoms with Gasteiger partial charge in [0.05, 0.1) is 6.42 Å². The Labute approximate surface area is 137 Å². The number of carbonyl (C=O) groups excluding carboxylic acids is 3. The van der Waals surface area contributed by atoms with Crippen molar-refractivity contribution in [3.8, 4) is 0 Å². The van der Waals surface area contributed by atoms with E-state index >= 15 is 0 Å². The van der Waals surface area contributed by atoms with Crippen LogP contribution < -0.4 is 5.32 Å². The van der Waals surface area contributed by atoms with Crippen molar-refractivity contribution in [2.75, 3.05) is 14.1 Å². The maximum atomic E-state index is 12.1. The first-order valence-corrected chi connectivity index (χ1v) is 8.12. The summed E-state index contributed by atoms with van der Waals surface area (Å²) in [5.74, 6) is -0.587. The van der Waals surface area contributed by atoms with Crippen molar-refractivity contribution in [1.29, 1.82) is 0 Å². The molecule has 0 aliphatic carbocycles. The lowest BCUT2D eigenvalue weighted by molar-refractivity contribution is -0.131. The summed E-state index contributed by atoms with van der Waals surface area (Å²) in [4.78, 5) is 38.0. The summed E-state index contributed by atoms with van der Waals surface area (Å²) < 4.78 is 1.21. The highest BCUT2D eigenvalue weighted by Gasteiger charge is 2.41. The average molecular weight is 331 g/mol. The molecule has 1 fully saturated rings. The van der Waals surface area contributed by atoms with Crippen molar-refractivity contribution in [2.24, 2.45) is 0 Å². The van der Waals surface area contributed by atoms with Gasteiger partial charge in [-0.05, 0) is 34.5 Å². The van der Waals surface area contributed by atoms with E-state index in [-0.39, 0.29) is 24.3 Å². The number of benzene rings is 1. The molecule has 7 heteroatoms. The van der Waals surface area contributed by atoms with Crippen molar-refractivity contribution >= 4 is 39.3 Å². The van der Waals surface area contributed by atoms with Crippen molar-refractivity contribution in [3.63, 3.8) is 0 Å². The molecule has 0 bridgehead atoms. The molecule has 0 saturated carbocycles. The lowest BCUT2D eigenvalue weighted by Gasteiger charge is -2.15. The molecule has 23 heavy (non-hydrogen) atoms. The summed E-state index contributed by atoms with van der Waals surface area (Å²) in [6, 6.07) is 6.99. The standard InChI is InChI=1S/C16H17N3O3S/c1-18-12(15(21)19(2)16(18)22)8-14(20)17-9-10-3-4-13-11(7-10)5-6-23-13/h3-7,12H,8-9H2,1-2H3,(H,17,20)/t12-/m0/s1. The van der Waals surface area contributed by atoms with E-state index in [1.165, 1.54) is 23.7 Å². The van der Waals surface area contributed by atoms with E-state index in [0.29, 0.717) is 6.54 Å². The number of hydrogen-bond acceptors (Lipinski definition) is 4. The van der Waals surface area contributed by atoms with Crippen LogP contribution in [0.5, 0.6) is 0 Å². The Balaban J connectivity index is 1.59. The zero-order valence-electron chi connectivity index (χ0n) is 12.9. The molecule has 6 nitrogen and oxygen atoms in total. The van der Waals surface area contributed by atoms with Crippen LogP contribution in [-0.2, 0) is 16.1 Å². The van der Waals surface area contributed by atoms with Crippen molar-refractivity contribution in [2.45, 2.75) is 19.0 Å². The second-order valence-corrected chi connectivity index (χ2v) is 6.53. The van der Waals surface area contributed by atoms with Crippen molar-refractivity contribution < 1.29 is 14.4 Å². The molecule has 1 aromatic carbocycles. The van der Waals surface area contributed by atoms with Gasteiger partial charge in [-0.2, -0.15) is 0 Å². The molecule has 2 heterocycles. The third-order valence-electron chi connectivity index (χ3n) is 4.06. The molecule has 3 rings (SSSR count). The summed E-state index contributed by atoms with van der Waals surface area (Å²) >= 11 is 1.68. The van der Waals surface area contributed by atoms with Gasteiger partial charge >= 0.3 is 6.03 Å². The van der Waals surface area contributed by atoms with Crippen LogP contribution in [0.2, 0.25) is 0 Å². The number of likely N-dealkylation sites (N-methyl/N-ethyl adjacent to an activating group) is 2. The van der Waals surface area contributed by atoms with Gasteiger partial charge in [-0.15, -0.1) is 11.3 Å². The summed E-state index contributed by atoms with van der Waals surface area (Å²) in [6.07, 6.45) is -0.0217. The minimum absolute atomic E-state index is 0.0217. The molecule has 1 aromatic heterocycles. The summed E-state index contributed by atoms with van der Waals surface area (Å²) in [7, 11) is 2.96. The van der Waals surface area contributed by atoms with Crippen molar-refractivity contribution in [3.05, 3.63) is 35.2 Å². The number of imide groups is 1. The van der Waals surface area contributed by atoms with Crippen LogP contribution >= 0.6 is 11.3 Å². The van der Waals surface area contributed by atoms with E-state index in [1.54, 1.807) is 11.3 Å². The maximum absolute atomic E-state index is 12.1. The molecule has 4 amide bonds. The lowest BCUT2D eigenvalue weighted by Crippen LogP contribution is -2.37. The molecule has 1 aliphatic rings. The Morgan fingerprint density at radius 2 is 2.04 bits per heavy atom. The third kappa shape index (κ3) is 2.92. The molecule has 1 saturated heterocycles. The molecule has 0 unspecified atom stereocenters. The number of hydrogen-bond donors (Lipinski definition) is 1. The molecule has 1 N–H and O–H groups in total. The van der Waals surface area contributed by atoms with Gasteiger partial charge in [0, 0.05) is 25.3 Å². The topological polar surface area (TPSA) is 69.7 Å². The Hall–Kier alpha value is -2.41. The number of carbonyl (C=O) groups is 3. The van der Waals surface area contributed by atoms with Gasteiger partial charge < -0.3 is 10.2 Å². The number of urea groups is 1. The zero-order chi connectivity index (χ0) is 16.6. The van der Waals surface area contributed by atoms with E-state index in [2.05, 4.69) is 5.32 Å². The molecule has 0 radical (unpaired) electrons. The second kappa shape index (κ2) is 6.00. The van der Waals surface area contributed by atoms with Crippen LogP contribution in [0.15, 0.2) is 29.6 Å². The third-order valence-corrected chi connectivity index (χ3v) is 4.95. The molecule has 120 valence electrons. The predicted molar refractivity (Wildman–Crippen MR) is 88.0 cm³/mol. The Kier molecular flexibility index (Phi) is 4.04. The smallest absolute Gasteiger partial charge is 0.326 e. The van der Waals surface area contributed by atoms with Crippen LogP contribution in [0.1, 0.15) is 12.0 Å². The van der Waals surface area contributed by atoms with E-state index in [9.17, 15) is 14.4 Å². The minimum Gasteiger partial charge on any atom is -0.352 e. The van der Waals surface area contributed by atoms with Gasteiger partial charge in [0.2, 0.25) is 5.91 Å². The first-order valence-electron chi connectivity index (χ1n) is 7.24. The highest BCUT2D eigenvalue weighted by Crippen LogP contribution is 2.22. The number of nitrogens with one attached hydrogen (secondary N) is 1. The number of nitrogens with zero attached hydrogens (tertiary/aromatic N) is 2. The number of fused-ring (bicyclic) bond motifs is 1. The molecule has 2 aromatic rings. The molecule has 0 spiro atoms. The van der Waals surface area contributed by atoms with E-state index < -0.39 is 6.04 Å². The van der Waals surface area contributed by atoms with Gasteiger partial charge in [0.15, 0.2) is 0 Å². The molecular weight excluding hydrogens is 314 g/mol. The van der Waals surface area contributed by atoms with Crippen LogP contribution in [0, 0.1) is 0 Å². The Morgan fingerprint density at radius 1 is 1.26 bits per heavy atom. The predicted octanol–water partition coefficient (Wildman–Crippen LogP) is 1.80. The first-order chi connectivity index (χ1) is 11.0. The summed E-state index contributed by atoms with van der Waals surface area (Å²) in [6.45, 7) is 0.402. The fraction of sp³-hybridized carbons (Fsp3) is 0.312. The van der Waals surface area contributed by atoms with Crippen LogP contribution in [0.4, 0.5) is 4.79 Å². The van der Waals surface area contributed by atoms with Crippen LogP contribution in [-0.4, -0.2) is 47.8 Å². The van der Waals surface area contributed by atoms with Gasteiger partial charge in [-0.1, -0.05) is 6.07 Å². The quantitative estimate of drug-likeness (QED) is 0.869. The molecule has 1 atom stereocenters. The van der Waals surface area contributed by atoms with Crippen LogP contribution in [0.25, 0.3) is 10.1 Å². The number of rotatable bonds is 4. The number of amides is 4. The minimum atomic E-state index is -0.716. The fourth-order valence-corrected chi connectivity index (χ4v) is 3.42. The average Bonchev–Trinajstić information content (AvgIpc) is 3.08. The first kappa shape index (κ1) is 15.5. The molecule has 1 aliphatic heterocycles. The monoisotopic (exact) mass is 331 g/mol. The van der Waals surface area contributed by atoms with Gasteiger partial charge in [-0.25, -0.2) is 4.79 Å². The highest BCUT2D eigenvalue weighted by atomic mass is 32.1. The molecular formula is C16H17N3O3S. The summed E-state index contributed by atoms with van der Waals surface area (Å²) in [5.41, 5.74) is 1.00. The van der Waals surface area contributed by atoms with E-state index in [1.807, 2.05) is 29.6 Å².